The van der Waals surface area contributed by atoms with Crippen molar-refractivity contribution < 1.29 is 0 Å². The van der Waals surface area contributed by atoms with Gasteiger partial charge in [-0.3, -0.25) is 0 Å². The molecule has 1 fully saturated rings. The van der Waals surface area contributed by atoms with E-state index in [-0.39, 0.29) is 0 Å². The minimum atomic E-state index is 0.498. The highest BCUT2D eigenvalue weighted by Gasteiger charge is 2.21. The van der Waals surface area contributed by atoms with Crippen LogP contribution in [0.4, 0.5) is 5.82 Å². The van der Waals surface area contributed by atoms with E-state index >= 15 is 0 Å². The Hall–Kier alpha value is -1.60. The van der Waals surface area contributed by atoms with E-state index in [9.17, 15) is 0 Å². The van der Waals surface area contributed by atoms with Crippen molar-refractivity contribution in [1.82, 2.24) is 10.3 Å². The summed E-state index contributed by atoms with van der Waals surface area (Å²) in [6, 6.07) is 6.48. The summed E-state index contributed by atoms with van der Waals surface area (Å²) in [7, 11) is 1.99. The first-order chi connectivity index (χ1) is 8.24. The maximum atomic E-state index is 9.13. The van der Waals surface area contributed by atoms with Gasteiger partial charge in [-0.15, -0.1) is 0 Å². The number of aryl methyl sites for hydroxylation is 1. The van der Waals surface area contributed by atoms with Gasteiger partial charge in [-0.25, -0.2) is 4.98 Å². The molecule has 4 nitrogen and oxygen atoms in total. The van der Waals surface area contributed by atoms with Crippen molar-refractivity contribution in [3.05, 3.63) is 23.4 Å². The topological polar surface area (TPSA) is 52.0 Å². The largest absolute Gasteiger partial charge is 0.354 e. The summed E-state index contributed by atoms with van der Waals surface area (Å²) >= 11 is 0. The molecule has 1 aliphatic rings. The van der Waals surface area contributed by atoms with Gasteiger partial charge < -0.3 is 10.2 Å². The number of likely N-dealkylation sites (N-methyl/N-ethyl adjacent to an activating group) is 1. The number of rotatable bonds is 2. The third kappa shape index (κ3) is 2.56. The van der Waals surface area contributed by atoms with Crippen molar-refractivity contribution in [2.45, 2.75) is 25.8 Å². The molecule has 0 spiro atoms. The van der Waals surface area contributed by atoms with Gasteiger partial charge in [0.1, 0.15) is 11.9 Å². The van der Waals surface area contributed by atoms with Crippen LogP contribution in [0.2, 0.25) is 0 Å². The van der Waals surface area contributed by atoms with Crippen LogP contribution in [0.1, 0.15) is 24.1 Å². The van der Waals surface area contributed by atoms with E-state index < -0.39 is 0 Å². The summed E-state index contributed by atoms with van der Waals surface area (Å²) < 4.78 is 0. The van der Waals surface area contributed by atoms with E-state index in [1.54, 1.807) is 0 Å². The third-order valence-corrected chi connectivity index (χ3v) is 3.26. The minimum absolute atomic E-state index is 0.498. The van der Waals surface area contributed by atoms with Crippen molar-refractivity contribution in [3.63, 3.8) is 0 Å². The number of piperidine rings is 1. The molecule has 0 amide bonds. The lowest BCUT2D eigenvalue weighted by Crippen LogP contribution is -2.45. The van der Waals surface area contributed by atoms with E-state index in [4.69, 9.17) is 5.26 Å². The van der Waals surface area contributed by atoms with Gasteiger partial charge in [0.05, 0.1) is 5.56 Å². The van der Waals surface area contributed by atoms with Crippen molar-refractivity contribution in [2.24, 2.45) is 0 Å². The molecule has 0 aromatic carbocycles. The van der Waals surface area contributed by atoms with Crippen LogP contribution >= 0.6 is 0 Å². The Morgan fingerprint density at radius 1 is 1.53 bits per heavy atom. The fraction of sp³-hybridized carbons (Fsp3) is 0.538. The normalized spacial score (nSPS) is 20.1. The Labute approximate surface area is 102 Å². The summed E-state index contributed by atoms with van der Waals surface area (Å²) in [4.78, 5) is 6.73. The highest BCUT2D eigenvalue weighted by atomic mass is 15.2. The average molecular weight is 230 g/mol. The zero-order valence-corrected chi connectivity index (χ0v) is 10.4. The van der Waals surface area contributed by atoms with Crippen LogP contribution in [0.5, 0.6) is 0 Å². The number of aromatic nitrogens is 1. The van der Waals surface area contributed by atoms with Crippen molar-refractivity contribution in [2.75, 3.05) is 25.0 Å². The molecule has 1 aromatic rings. The van der Waals surface area contributed by atoms with Gasteiger partial charge in [0, 0.05) is 24.8 Å². The molecular formula is C13H18N4. The smallest absolute Gasteiger partial charge is 0.146 e. The summed E-state index contributed by atoms with van der Waals surface area (Å²) in [5.41, 5.74) is 1.64. The van der Waals surface area contributed by atoms with E-state index in [1.165, 1.54) is 6.42 Å². The van der Waals surface area contributed by atoms with E-state index in [1.807, 2.05) is 26.1 Å². The Morgan fingerprint density at radius 3 is 3.06 bits per heavy atom. The van der Waals surface area contributed by atoms with E-state index in [0.717, 1.165) is 31.0 Å². The Bertz CT molecular complexity index is 436. The molecule has 17 heavy (non-hydrogen) atoms. The molecule has 4 heteroatoms. The van der Waals surface area contributed by atoms with Gasteiger partial charge in [-0.05, 0) is 38.9 Å². The summed E-state index contributed by atoms with van der Waals surface area (Å²) in [6.45, 7) is 3.88. The number of pyridine rings is 1. The molecule has 0 bridgehead atoms. The molecule has 90 valence electrons. The number of hydrogen-bond acceptors (Lipinski definition) is 4. The first kappa shape index (κ1) is 11.9. The van der Waals surface area contributed by atoms with Crippen LogP contribution in [-0.4, -0.2) is 31.2 Å². The number of hydrogen-bond donors (Lipinski definition) is 1. The van der Waals surface area contributed by atoms with Gasteiger partial charge in [0.15, 0.2) is 0 Å². The van der Waals surface area contributed by atoms with E-state index in [2.05, 4.69) is 21.3 Å². The average Bonchev–Trinajstić information content (AvgIpc) is 2.39. The second-order valence-electron chi connectivity index (χ2n) is 4.51. The highest BCUT2D eigenvalue weighted by Crippen LogP contribution is 2.22. The number of nitrogens with one attached hydrogen (secondary N) is 1. The van der Waals surface area contributed by atoms with Gasteiger partial charge in [-0.2, -0.15) is 5.26 Å². The lowest BCUT2D eigenvalue weighted by molar-refractivity contribution is 0.447. The van der Waals surface area contributed by atoms with Crippen LogP contribution in [-0.2, 0) is 0 Å². The van der Waals surface area contributed by atoms with Crippen LogP contribution < -0.4 is 10.2 Å². The standard InChI is InChI=1S/C13H18N4/c1-10-5-6-11(8-14)13(16-10)17-7-3-4-12(9-17)15-2/h5-6,12,15H,3-4,7,9H2,1-2H3. The lowest BCUT2D eigenvalue weighted by atomic mass is 10.1. The third-order valence-electron chi connectivity index (χ3n) is 3.26. The molecular weight excluding hydrogens is 212 g/mol. The van der Waals surface area contributed by atoms with Crippen molar-refractivity contribution in [3.8, 4) is 6.07 Å². The zero-order chi connectivity index (χ0) is 12.3. The van der Waals surface area contributed by atoms with Crippen LogP contribution in [0, 0.1) is 18.3 Å². The number of nitrogens with zero attached hydrogens (tertiary/aromatic N) is 3. The SMILES string of the molecule is CNC1CCCN(c2nc(C)ccc2C#N)C1. The monoisotopic (exact) mass is 230 g/mol. The van der Waals surface area contributed by atoms with Crippen LogP contribution in [0.3, 0.4) is 0 Å². The number of anilines is 1. The maximum absolute atomic E-state index is 9.13. The molecule has 2 heterocycles. The highest BCUT2D eigenvalue weighted by molar-refractivity contribution is 5.54. The van der Waals surface area contributed by atoms with E-state index in [0.29, 0.717) is 11.6 Å². The Morgan fingerprint density at radius 2 is 2.35 bits per heavy atom. The maximum Gasteiger partial charge on any atom is 0.146 e. The zero-order valence-electron chi connectivity index (χ0n) is 10.4. The Balaban J connectivity index is 2.27. The summed E-state index contributed by atoms with van der Waals surface area (Å²) in [5.74, 6) is 0.840. The molecule has 1 unspecified atom stereocenters. The Kier molecular flexibility index (Phi) is 3.60. The van der Waals surface area contributed by atoms with Gasteiger partial charge in [0.2, 0.25) is 0 Å². The fourth-order valence-electron chi connectivity index (χ4n) is 2.28. The quantitative estimate of drug-likeness (QED) is 0.835. The lowest BCUT2D eigenvalue weighted by Gasteiger charge is -2.33. The number of nitriles is 1. The minimum Gasteiger partial charge on any atom is -0.354 e. The molecule has 1 aliphatic heterocycles. The fourth-order valence-corrected chi connectivity index (χ4v) is 2.28. The van der Waals surface area contributed by atoms with Crippen LogP contribution in [0.15, 0.2) is 12.1 Å². The molecule has 1 saturated heterocycles. The molecule has 1 aromatic heterocycles. The predicted octanol–water partition coefficient (Wildman–Crippen LogP) is 1.45. The molecule has 1 N–H and O–H groups in total. The second-order valence-corrected chi connectivity index (χ2v) is 4.51. The molecule has 2 rings (SSSR count). The predicted molar refractivity (Wildman–Crippen MR) is 68.0 cm³/mol. The second kappa shape index (κ2) is 5.15. The van der Waals surface area contributed by atoms with Crippen molar-refractivity contribution in [1.29, 1.82) is 5.26 Å². The van der Waals surface area contributed by atoms with Gasteiger partial charge >= 0.3 is 0 Å². The first-order valence-corrected chi connectivity index (χ1v) is 6.04. The summed E-state index contributed by atoms with van der Waals surface area (Å²) in [5, 5.41) is 12.4. The first-order valence-electron chi connectivity index (χ1n) is 6.04. The molecule has 0 saturated carbocycles. The van der Waals surface area contributed by atoms with Gasteiger partial charge in [-0.1, -0.05) is 0 Å². The van der Waals surface area contributed by atoms with Gasteiger partial charge in [0.25, 0.3) is 0 Å². The van der Waals surface area contributed by atoms with Crippen LogP contribution in [0.25, 0.3) is 0 Å². The van der Waals surface area contributed by atoms with Crippen molar-refractivity contribution >= 4 is 5.82 Å². The molecule has 0 aliphatic carbocycles. The molecule has 0 radical (unpaired) electrons. The molecule has 1 atom stereocenters. The summed E-state index contributed by atoms with van der Waals surface area (Å²) in [6.07, 6.45) is 2.34.